The number of aromatic nitrogens is 1. The molecule has 0 saturated carbocycles. The molecule has 1 aliphatic heterocycles. The molecule has 0 bridgehead atoms. The van der Waals surface area contributed by atoms with Crippen molar-refractivity contribution in [2.24, 2.45) is 0 Å². The minimum atomic E-state index is 0.602. The lowest BCUT2D eigenvalue weighted by Crippen LogP contribution is -2.40. The molecular weight excluding hydrogens is 358 g/mol. The topological polar surface area (TPSA) is 50.4 Å². The number of benzene rings is 2. The van der Waals surface area contributed by atoms with Gasteiger partial charge in [0.1, 0.15) is 18.6 Å². The summed E-state index contributed by atoms with van der Waals surface area (Å²) in [6, 6.07) is 20.0. The van der Waals surface area contributed by atoms with Crippen LogP contribution in [0.2, 0.25) is 5.02 Å². The molecule has 0 spiro atoms. The van der Waals surface area contributed by atoms with E-state index in [1.807, 2.05) is 30.3 Å². The first-order valence-electron chi connectivity index (χ1n) is 8.90. The van der Waals surface area contributed by atoms with Gasteiger partial charge in [-0.05, 0) is 35.9 Å². The third-order valence-corrected chi connectivity index (χ3v) is 4.95. The predicted molar refractivity (Wildman–Crippen MR) is 108 cm³/mol. The first-order valence-corrected chi connectivity index (χ1v) is 9.28. The molecule has 3 aromatic rings. The molecule has 2 heterocycles. The summed E-state index contributed by atoms with van der Waals surface area (Å²) >= 11 is 5.99. The minimum absolute atomic E-state index is 0.602. The van der Waals surface area contributed by atoms with Gasteiger partial charge in [0, 0.05) is 10.4 Å². The Balaban J connectivity index is 1.85. The van der Waals surface area contributed by atoms with Gasteiger partial charge in [-0.3, -0.25) is 4.90 Å². The average molecular weight is 377 g/mol. The van der Waals surface area contributed by atoms with Gasteiger partial charge in [-0.1, -0.05) is 41.9 Å². The maximum absolute atomic E-state index is 9.73. The Bertz CT molecular complexity index is 1030. The maximum Gasteiger partial charge on any atom is 0.282 e. The molecule has 0 radical (unpaired) electrons. The predicted octanol–water partition coefficient (Wildman–Crippen LogP) is 4.21. The van der Waals surface area contributed by atoms with E-state index in [2.05, 4.69) is 34.2 Å². The first kappa shape index (κ1) is 17.5. The third-order valence-electron chi connectivity index (χ3n) is 4.70. The van der Waals surface area contributed by atoms with Crippen molar-refractivity contribution in [2.45, 2.75) is 0 Å². The normalized spacial score (nSPS) is 15.0. The summed E-state index contributed by atoms with van der Waals surface area (Å²) < 4.78 is 5.50. The number of hydrogen-bond donors (Lipinski definition) is 0. The molecule has 5 heteroatoms. The summed E-state index contributed by atoms with van der Waals surface area (Å²) in [5.74, 6) is 1.01. The molecule has 1 N–H and O–H groups in total. The molecule has 0 amide bonds. The molecule has 0 atom stereocenters. The van der Waals surface area contributed by atoms with E-state index >= 15 is 0 Å². The maximum atomic E-state index is 9.73. The summed E-state index contributed by atoms with van der Waals surface area (Å²) in [5.41, 5.74) is 3.51. The van der Waals surface area contributed by atoms with Crippen molar-refractivity contribution < 1.29 is 9.72 Å². The van der Waals surface area contributed by atoms with Crippen LogP contribution >= 0.6 is 11.6 Å². The Morgan fingerprint density at radius 1 is 1.11 bits per heavy atom. The van der Waals surface area contributed by atoms with E-state index in [-0.39, 0.29) is 0 Å². The molecule has 4 rings (SSSR count). The zero-order valence-electron chi connectivity index (χ0n) is 14.8. The molecule has 1 fully saturated rings. The Hall–Kier alpha value is -2.87. The molecule has 1 aliphatic rings. The van der Waals surface area contributed by atoms with Crippen molar-refractivity contribution in [2.75, 3.05) is 31.2 Å². The standard InChI is InChI=1S/C22H18ClN3O/c23-20-7-5-16(6-8-20)19(15-24)14-18-13-17-3-1-2-4-21(17)25-22(18)26-9-11-27-12-10-26/h1-8,13-14H,9-12H2/p+1/b19-14+. The van der Waals surface area contributed by atoms with Crippen molar-refractivity contribution in [3.63, 3.8) is 0 Å². The second-order valence-corrected chi connectivity index (χ2v) is 6.87. The number of pyridine rings is 1. The summed E-state index contributed by atoms with van der Waals surface area (Å²) in [7, 11) is 0. The van der Waals surface area contributed by atoms with Gasteiger partial charge in [-0.25, -0.2) is 4.98 Å². The molecule has 27 heavy (non-hydrogen) atoms. The monoisotopic (exact) mass is 376 g/mol. The summed E-state index contributed by atoms with van der Waals surface area (Å²) in [6.07, 6.45) is 1.94. The van der Waals surface area contributed by atoms with Gasteiger partial charge >= 0.3 is 0 Å². The van der Waals surface area contributed by atoms with Crippen molar-refractivity contribution in [3.8, 4) is 6.07 Å². The number of halogens is 1. The average Bonchev–Trinajstić information content (AvgIpc) is 2.73. The highest BCUT2D eigenvalue weighted by Gasteiger charge is 2.23. The second kappa shape index (κ2) is 7.79. The number of aromatic amines is 1. The summed E-state index contributed by atoms with van der Waals surface area (Å²) in [4.78, 5) is 5.83. The highest BCUT2D eigenvalue weighted by atomic mass is 35.5. The van der Waals surface area contributed by atoms with Crippen LogP contribution < -0.4 is 9.88 Å². The summed E-state index contributed by atoms with van der Waals surface area (Å²) in [5, 5.41) is 11.5. The number of para-hydroxylation sites is 1. The lowest BCUT2D eigenvalue weighted by molar-refractivity contribution is -0.331. The lowest BCUT2D eigenvalue weighted by atomic mass is 10.0. The van der Waals surface area contributed by atoms with Crippen LogP contribution in [-0.2, 0) is 4.74 Å². The summed E-state index contributed by atoms with van der Waals surface area (Å²) in [6.45, 7) is 3.04. The van der Waals surface area contributed by atoms with Crippen LogP contribution in [0.5, 0.6) is 0 Å². The van der Waals surface area contributed by atoms with E-state index in [0.29, 0.717) is 23.8 Å². The van der Waals surface area contributed by atoms with Crippen LogP contribution in [0.1, 0.15) is 11.1 Å². The van der Waals surface area contributed by atoms with Crippen LogP contribution in [0, 0.1) is 11.3 Å². The zero-order valence-corrected chi connectivity index (χ0v) is 15.5. The SMILES string of the molecule is N#C/C(=C\c1cc2ccccc2[nH+]c1N1CCOCC1)c1ccc(Cl)cc1. The van der Waals surface area contributed by atoms with Crippen LogP contribution in [0.25, 0.3) is 22.6 Å². The number of fused-ring (bicyclic) bond motifs is 1. The fourth-order valence-corrected chi connectivity index (χ4v) is 3.42. The lowest BCUT2D eigenvalue weighted by Gasteiger charge is -2.22. The van der Waals surface area contributed by atoms with Crippen LogP contribution in [0.3, 0.4) is 0 Å². The van der Waals surface area contributed by atoms with Gasteiger partial charge in [0.2, 0.25) is 0 Å². The van der Waals surface area contributed by atoms with E-state index in [0.717, 1.165) is 40.9 Å². The molecule has 0 unspecified atom stereocenters. The second-order valence-electron chi connectivity index (χ2n) is 6.44. The molecule has 4 nitrogen and oxygen atoms in total. The Labute approximate surface area is 163 Å². The van der Waals surface area contributed by atoms with E-state index in [4.69, 9.17) is 16.3 Å². The first-order chi connectivity index (χ1) is 13.2. The number of nitrogens with one attached hydrogen (secondary N) is 1. The van der Waals surface area contributed by atoms with Crippen molar-refractivity contribution in [3.05, 3.63) is 70.7 Å². The molecule has 0 aliphatic carbocycles. The molecule has 1 saturated heterocycles. The highest BCUT2D eigenvalue weighted by molar-refractivity contribution is 6.30. The number of morpholine rings is 1. The van der Waals surface area contributed by atoms with Crippen molar-refractivity contribution in [1.29, 1.82) is 5.26 Å². The van der Waals surface area contributed by atoms with Gasteiger partial charge in [0.25, 0.3) is 5.82 Å². The fourth-order valence-electron chi connectivity index (χ4n) is 3.30. The smallest absolute Gasteiger partial charge is 0.282 e. The van der Waals surface area contributed by atoms with Crippen LogP contribution in [0.15, 0.2) is 54.6 Å². The Morgan fingerprint density at radius 2 is 1.85 bits per heavy atom. The highest BCUT2D eigenvalue weighted by Crippen LogP contribution is 2.26. The molecule has 1 aromatic heterocycles. The van der Waals surface area contributed by atoms with Crippen molar-refractivity contribution >= 4 is 40.0 Å². The molecule has 134 valence electrons. The number of allylic oxidation sites excluding steroid dienone is 1. The van der Waals surface area contributed by atoms with Crippen LogP contribution in [-0.4, -0.2) is 26.3 Å². The van der Waals surface area contributed by atoms with E-state index in [1.54, 1.807) is 12.1 Å². The van der Waals surface area contributed by atoms with Gasteiger partial charge in [-0.2, -0.15) is 5.26 Å². The van der Waals surface area contributed by atoms with E-state index in [1.165, 1.54) is 0 Å². The van der Waals surface area contributed by atoms with Gasteiger partial charge in [0.05, 0.1) is 30.4 Å². The number of ether oxygens (including phenoxy) is 1. The van der Waals surface area contributed by atoms with Crippen molar-refractivity contribution in [1.82, 2.24) is 0 Å². The third kappa shape index (κ3) is 3.80. The number of nitrogens with zero attached hydrogens (tertiary/aromatic N) is 2. The number of hydrogen-bond acceptors (Lipinski definition) is 3. The van der Waals surface area contributed by atoms with Gasteiger partial charge in [0.15, 0.2) is 0 Å². The quantitative estimate of drug-likeness (QED) is 0.643. The molecule has 2 aromatic carbocycles. The zero-order chi connectivity index (χ0) is 18.6. The van der Waals surface area contributed by atoms with E-state index < -0.39 is 0 Å². The minimum Gasteiger partial charge on any atom is -0.373 e. The molecular formula is C22H19ClN3O+. The van der Waals surface area contributed by atoms with Gasteiger partial charge in [-0.15, -0.1) is 0 Å². The van der Waals surface area contributed by atoms with E-state index in [9.17, 15) is 5.26 Å². The van der Waals surface area contributed by atoms with Crippen LogP contribution in [0.4, 0.5) is 5.82 Å². The number of anilines is 1. The number of nitriles is 1. The fraction of sp³-hybridized carbons (Fsp3) is 0.182. The number of H-pyrrole nitrogens is 1. The van der Waals surface area contributed by atoms with Gasteiger partial charge < -0.3 is 4.74 Å². The largest absolute Gasteiger partial charge is 0.373 e. The Kier molecular flexibility index (Phi) is 5.06. The number of rotatable bonds is 3. The Morgan fingerprint density at radius 3 is 2.59 bits per heavy atom.